The van der Waals surface area contributed by atoms with Crippen molar-refractivity contribution >= 4 is 22.9 Å². The Morgan fingerprint density at radius 2 is 1.84 bits per heavy atom. The number of nitrogens with one attached hydrogen (secondary N) is 1. The molecule has 32 heavy (non-hydrogen) atoms. The molecule has 1 heterocycles. The van der Waals surface area contributed by atoms with Crippen LogP contribution in [0.1, 0.15) is 90.3 Å². The minimum Gasteiger partial charge on any atom is -0.351 e. The van der Waals surface area contributed by atoms with Gasteiger partial charge in [0.25, 0.3) is 0 Å². The molecule has 0 radical (unpaired) electrons. The predicted octanol–water partition coefficient (Wildman–Crippen LogP) is 7.54. The molecule has 0 saturated heterocycles. The Labute approximate surface area is 192 Å². The van der Waals surface area contributed by atoms with Crippen LogP contribution in [0.25, 0.3) is 11.3 Å². The van der Waals surface area contributed by atoms with Gasteiger partial charge in [-0.2, -0.15) is 0 Å². The van der Waals surface area contributed by atoms with Gasteiger partial charge in [-0.05, 0) is 63.6 Å². The first kappa shape index (κ1) is 24.1. The second kappa shape index (κ2) is 11.9. The molecule has 1 aromatic heterocycles. The van der Waals surface area contributed by atoms with Gasteiger partial charge in [0.15, 0.2) is 0 Å². The Morgan fingerprint density at radius 1 is 1.12 bits per heavy atom. The molecule has 0 unspecified atom stereocenters. The molecule has 0 aliphatic heterocycles. The zero-order valence-corrected chi connectivity index (χ0v) is 20.0. The molecule has 0 atom stereocenters. The summed E-state index contributed by atoms with van der Waals surface area (Å²) in [6.07, 6.45) is 11.1. The molecule has 4 nitrogen and oxygen atoms in total. The number of halogens is 1. The first-order chi connectivity index (χ1) is 15.5. The van der Waals surface area contributed by atoms with Gasteiger partial charge in [0.05, 0.1) is 11.4 Å². The van der Waals surface area contributed by atoms with Crippen LogP contribution in [0.4, 0.5) is 10.3 Å². The lowest BCUT2D eigenvalue weighted by atomic mass is 9.93. The van der Waals surface area contributed by atoms with Crippen LogP contribution >= 0.6 is 0 Å². The summed E-state index contributed by atoms with van der Waals surface area (Å²) in [5.41, 5.74) is 4.41. The molecule has 1 N–H and O–H groups in total. The van der Waals surface area contributed by atoms with Crippen molar-refractivity contribution in [1.29, 1.82) is 0 Å². The number of aromatic nitrogens is 2. The lowest BCUT2D eigenvalue weighted by Crippen LogP contribution is -2.16. The summed E-state index contributed by atoms with van der Waals surface area (Å²) in [5, 5.41) is 3.48. The van der Waals surface area contributed by atoms with Crippen molar-refractivity contribution in [2.75, 3.05) is 5.32 Å². The van der Waals surface area contributed by atoms with Gasteiger partial charge in [-0.1, -0.05) is 51.7 Å². The monoisotopic (exact) mass is 436 g/mol. The molecular formula is C27H37FN4. The highest BCUT2D eigenvalue weighted by atomic mass is 19.1. The van der Waals surface area contributed by atoms with Crippen molar-refractivity contribution < 1.29 is 4.39 Å². The van der Waals surface area contributed by atoms with Gasteiger partial charge in [-0.3, -0.25) is 4.99 Å². The van der Waals surface area contributed by atoms with E-state index in [4.69, 9.17) is 9.98 Å². The van der Waals surface area contributed by atoms with Gasteiger partial charge in [0.1, 0.15) is 5.82 Å². The van der Waals surface area contributed by atoms with Gasteiger partial charge >= 0.3 is 0 Å². The Kier molecular flexibility index (Phi) is 8.95. The molecule has 2 aromatic rings. The molecule has 0 amide bonds. The molecule has 0 spiro atoms. The van der Waals surface area contributed by atoms with Crippen molar-refractivity contribution in [1.82, 2.24) is 9.97 Å². The van der Waals surface area contributed by atoms with Gasteiger partial charge in [0.2, 0.25) is 5.95 Å². The summed E-state index contributed by atoms with van der Waals surface area (Å²) >= 11 is 0. The molecule has 1 aliphatic rings. The van der Waals surface area contributed by atoms with Gasteiger partial charge in [-0.15, -0.1) is 0 Å². The van der Waals surface area contributed by atoms with E-state index in [0.29, 0.717) is 17.9 Å². The second-order valence-electron chi connectivity index (χ2n) is 8.90. The first-order valence-electron chi connectivity index (χ1n) is 12.1. The minimum atomic E-state index is -0.259. The summed E-state index contributed by atoms with van der Waals surface area (Å²) in [6.45, 7) is 8.55. The molecule has 172 valence electrons. The van der Waals surface area contributed by atoms with E-state index < -0.39 is 0 Å². The van der Waals surface area contributed by atoms with E-state index in [1.165, 1.54) is 18.9 Å². The van der Waals surface area contributed by atoms with E-state index in [0.717, 1.165) is 66.8 Å². The highest BCUT2D eigenvalue weighted by molar-refractivity contribution is 5.96. The summed E-state index contributed by atoms with van der Waals surface area (Å²) in [7, 11) is 0. The molecule has 1 aliphatic carbocycles. The molecule has 0 bridgehead atoms. The average molecular weight is 437 g/mol. The number of benzene rings is 1. The van der Waals surface area contributed by atoms with Crippen LogP contribution in [0, 0.1) is 11.7 Å². The molecule has 5 heteroatoms. The molecule has 1 saturated carbocycles. The zero-order valence-electron chi connectivity index (χ0n) is 20.0. The topological polar surface area (TPSA) is 50.2 Å². The van der Waals surface area contributed by atoms with Crippen LogP contribution in [0.3, 0.4) is 0 Å². The van der Waals surface area contributed by atoms with Gasteiger partial charge < -0.3 is 5.32 Å². The number of aliphatic imine (C=N–C) groups is 1. The Hall–Kier alpha value is -2.56. The van der Waals surface area contributed by atoms with Crippen molar-refractivity contribution in [3.63, 3.8) is 0 Å². The van der Waals surface area contributed by atoms with E-state index in [2.05, 4.69) is 31.1 Å². The van der Waals surface area contributed by atoms with Crippen molar-refractivity contribution in [3.8, 4) is 0 Å². The smallest absolute Gasteiger partial charge is 0.223 e. The van der Waals surface area contributed by atoms with E-state index in [9.17, 15) is 4.39 Å². The van der Waals surface area contributed by atoms with E-state index >= 15 is 0 Å². The quantitative estimate of drug-likeness (QED) is 0.391. The maximum absolute atomic E-state index is 14.1. The van der Waals surface area contributed by atoms with Crippen LogP contribution < -0.4 is 5.32 Å². The van der Waals surface area contributed by atoms with Crippen LogP contribution in [-0.4, -0.2) is 21.7 Å². The Morgan fingerprint density at radius 3 is 2.50 bits per heavy atom. The van der Waals surface area contributed by atoms with E-state index in [-0.39, 0.29) is 5.82 Å². The average Bonchev–Trinajstić information content (AvgIpc) is 3.30. The summed E-state index contributed by atoms with van der Waals surface area (Å²) in [5.74, 6) is 0.833. The van der Waals surface area contributed by atoms with E-state index in [1.54, 1.807) is 18.3 Å². The number of hydrogen-bond donors (Lipinski definition) is 1. The van der Waals surface area contributed by atoms with Crippen molar-refractivity contribution in [2.24, 2.45) is 10.9 Å². The number of anilines is 1. The largest absolute Gasteiger partial charge is 0.351 e. The SMILES string of the molecule is CCCC(CCC)C(C)=N/C(=C(\C)c1ccnc(NC2CCCC2)n1)c1cccc(F)c1. The van der Waals surface area contributed by atoms with Gasteiger partial charge in [0, 0.05) is 29.1 Å². The van der Waals surface area contributed by atoms with Crippen LogP contribution in [0.5, 0.6) is 0 Å². The van der Waals surface area contributed by atoms with Crippen molar-refractivity contribution in [3.05, 3.63) is 53.6 Å². The second-order valence-corrected chi connectivity index (χ2v) is 8.90. The number of allylic oxidation sites excluding steroid dienone is 1. The van der Waals surface area contributed by atoms with Crippen LogP contribution in [0.2, 0.25) is 0 Å². The fourth-order valence-electron chi connectivity index (χ4n) is 4.54. The third-order valence-corrected chi connectivity index (χ3v) is 6.33. The third-order valence-electron chi connectivity index (χ3n) is 6.33. The Bertz CT molecular complexity index is 938. The summed E-state index contributed by atoms with van der Waals surface area (Å²) < 4.78 is 14.1. The highest BCUT2D eigenvalue weighted by Crippen LogP contribution is 2.29. The maximum Gasteiger partial charge on any atom is 0.223 e. The van der Waals surface area contributed by atoms with Gasteiger partial charge in [-0.25, -0.2) is 14.4 Å². The Balaban J connectivity index is 2.02. The summed E-state index contributed by atoms with van der Waals surface area (Å²) in [6, 6.07) is 9.05. The van der Waals surface area contributed by atoms with Crippen molar-refractivity contribution in [2.45, 2.75) is 85.1 Å². The normalized spacial score (nSPS) is 15.9. The third kappa shape index (κ3) is 6.47. The first-order valence-corrected chi connectivity index (χ1v) is 12.1. The summed E-state index contributed by atoms with van der Waals surface area (Å²) in [4.78, 5) is 14.3. The van der Waals surface area contributed by atoms with Crippen LogP contribution in [0.15, 0.2) is 41.5 Å². The molecular weight excluding hydrogens is 399 g/mol. The molecule has 1 aromatic carbocycles. The molecule has 3 rings (SSSR count). The lowest BCUT2D eigenvalue weighted by molar-refractivity contribution is 0.557. The number of hydrogen-bond acceptors (Lipinski definition) is 4. The maximum atomic E-state index is 14.1. The minimum absolute atomic E-state index is 0.259. The lowest BCUT2D eigenvalue weighted by Gasteiger charge is -2.17. The van der Waals surface area contributed by atoms with Crippen LogP contribution in [-0.2, 0) is 0 Å². The molecule has 1 fully saturated rings. The fourth-order valence-corrected chi connectivity index (χ4v) is 4.54. The zero-order chi connectivity index (χ0) is 22.9. The number of nitrogens with zero attached hydrogens (tertiary/aromatic N) is 3. The standard InChI is InChI=1S/C27H37FN4/c1-5-10-21(11-6-2)20(4)30-26(22-12-9-13-23(28)18-22)19(3)25-16-17-29-27(32-25)31-24-14-7-8-15-24/h9,12-13,16-18,21,24H,5-8,10-11,14-15H2,1-4H3,(H,29,31,32)/b26-19+,30-20?. The van der Waals surface area contributed by atoms with E-state index in [1.807, 2.05) is 19.1 Å². The highest BCUT2D eigenvalue weighted by Gasteiger charge is 2.17. The predicted molar refractivity (Wildman–Crippen MR) is 133 cm³/mol. The fraction of sp³-hybridized carbons (Fsp3) is 0.519. The number of rotatable bonds is 10.